The summed E-state index contributed by atoms with van der Waals surface area (Å²) in [5.41, 5.74) is 4.75. The first-order valence-electron chi connectivity index (χ1n) is 8.82. The van der Waals surface area contributed by atoms with Crippen molar-refractivity contribution in [1.82, 2.24) is 0 Å². The predicted octanol–water partition coefficient (Wildman–Crippen LogP) is 5.96. The number of aromatic hydroxyl groups is 1. The molecule has 0 saturated carbocycles. The Balaban J connectivity index is 1.98. The van der Waals surface area contributed by atoms with Crippen LogP contribution in [-0.2, 0) is 0 Å². The second-order valence-electron chi connectivity index (χ2n) is 6.31. The maximum absolute atomic E-state index is 13.3. The summed E-state index contributed by atoms with van der Waals surface area (Å²) >= 11 is 0. The monoisotopic (exact) mass is 350 g/mol. The van der Waals surface area contributed by atoms with E-state index in [1.165, 1.54) is 6.07 Å². The summed E-state index contributed by atoms with van der Waals surface area (Å²) in [5, 5.41) is 10.2. The molecular weight excluding hydrogens is 332 g/mol. The Morgan fingerprint density at radius 3 is 1.78 bits per heavy atom. The van der Waals surface area contributed by atoms with Gasteiger partial charge in [0.2, 0.25) is 0 Å². The molecule has 130 valence electrons. The highest BCUT2D eigenvalue weighted by Crippen LogP contribution is 2.36. The molecule has 0 aliphatic carbocycles. The van der Waals surface area contributed by atoms with Crippen LogP contribution in [0.1, 0.15) is 15.9 Å². The van der Waals surface area contributed by atoms with Gasteiger partial charge >= 0.3 is 0 Å². The number of rotatable bonds is 4. The second-order valence-corrected chi connectivity index (χ2v) is 6.31. The van der Waals surface area contributed by atoms with Gasteiger partial charge in [0.1, 0.15) is 5.75 Å². The molecule has 0 amide bonds. The molecule has 1 N–H and O–H groups in total. The molecule has 0 aliphatic rings. The molecule has 0 aromatic heterocycles. The van der Waals surface area contributed by atoms with Crippen molar-refractivity contribution in [3.8, 4) is 28.0 Å². The minimum absolute atomic E-state index is 0.00775. The molecule has 4 aromatic rings. The van der Waals surface area contributed by atoms with Crippen molar-refractivity contribution in [3.63, 3.8) is 0 Å². The highest BCUT2D eigenvalue weighted by molar-refractivity contribution is 6.15. The van der Waals surface area contributed by atoms with Crippen molar-refractivity contribution in [3.05, 3.63) is 114 Å². The Morgan fingerprint density at radius 1 is 0.556 bits per heavy atom. The van der Waals surface area contributed by atoms with Gasteiger partial charge in [-0.3, -0.25) is 4.79 Å². The second kappa shape index (κ2) is 7.30. The highest BCUT2D eigenvalue weighted by Gasteiger charge is 2.20. The largest absolute Gasteiger partial charge is 0.507 e. The zero-order valence-electron chi connectivity index (χ0n) is 14.7. The number of phenols is 1. The van der Waals surface area contributed by atoms with E-state index in [9.17, 15) is 9.90 Å². The molecule has 0 radical (unpaired) electrons. The lowest BCUT2D eigenvalue weighted by Gasteiger charge is -2.15. The van der Waals surface area contributed by atoms with Crippen molar-refractivity contribution in [2.45, 2.75) is 0 Å². The molecule has 4 rings (SSSR count). The molecular formula is C25H18O2. The van der Waals surface area contributed by atoms with E-state index in [0.29, 0.717) is 11.1 Å². The van der Waals surface area contributed by atoms with Crippen LogP contribution in [0.15, 0.2) is 103 Å². The van der Waals surface area contributed by atoms with E-state index < -0.39 is 0 Å². The first kappa shape index (κ1) is 16.8. The maximum atomic E-state index is 13.3. The number of para-hydroxylation sites is 1. The third-order valence-electron chi connectivity index (χ3n) is 4.61. The Kier molecular flexibility index (Phi) is 4.54. The molecule has 0 unspecified atom stereocenters. The minimum Gasteiger partial charge on any atom is -0.507 e. The number of hydrogen-bond donors (Lipinski definition) is 1. The Hall–Kier alpha value is -3.65. The minimum atomic E-state index is -0.190. The van der Waals surface area contributed by atoms with E-state index in [4.69, 9.17) is 0 Å². The summed E-state index contributed by atoms with van der Waals surface area (Å²) < 4.78 is 0. The number of carbonyl (C=O) groups is 1. The van der Waals surface area contributed by atoms with Gasteiger partial charge in [0.25, 0.3) is 0 Å². The smallest absolute Gasteiger partial charge is 0.197 e. The van der Waals surface area contributed by atoms with Crippen molar-refractivity contribution in [1.29, 1.82) is 0 Å². The van der Waals surface area contributed by atoms with Gasteiger partial charge in [-0.2, -0.15) is 0 Å². The average Bonchev–Trinajstić information content (AvgIpc) is 2.74. The van der Waals surface area contributed by atoms with Gasteiger partial charge in [0, 0.05) is 11.1 Å². The lowest BCUT2D eigenvalue weighted by atomic mass is 9.87. The summed E-state index contributed by atoms with van der Waals surface area (Å²) in [4.78, 5) is 13.3. The van der Waals surface area contributed by atoms with E-state index in [1.807, 2.05) is 78.9 Å². The molecule has 0 fully saturated rings. The van der Waals surface area contributed by atoms with Crippen LogP contribution < -0.4 is 0 Å². The number of hydrogen-bond acceptors (Lipinski definition) is 2. The fourth-order valence-corrected chi connectivity index (χ4v) is 3.33. The van der Waals surface area contributed by atoms with Crippen LogP contribution in [0.3, 0.4) is 0 Å². The van der Waals surface area contributed by atoms with Crippen LogP contribution >= 0.6 is 0 Å². The Bertz CT molecular complexity index is 1080. The van der Waals surface area contributed by atoms with Crippen LogP contribution in [0.5, 0.6) is 5.75 Å². The molecule has 4 aromatic carbocycles. The SMILES string of the molecule is O=C(c1ccccc1O)c1cccc(-c2ccccc2)c1-c1ccccc1. The van der Waals surface area contributed by atoms with Gasteiger partial charge < -0.3 is 5.11 Å². The number of phenolic OH excluding ortho intramolecular Hbond substituents is 1. The first-order chi connectivity index (χ1) is 13.3. The van der Waals surface area contributed by atoms with Gasteiger partial charge in [-0.05, 0) is 28.8 Å². The topological polar surface area (TPSA) is 37.3 Å². The lowest BCUT2D eigenvalue weighted by Crippen LogP contribution is -2.05. The zero-order valence-corrected chi connectivity index (χ0v) is 14.7. The summed E-state index contributed by atoms with van der Waals surface area (Å²) in [6, 6.07) is 32.3. The van der Waals surface area contributed by atoms with Gasteiger partial charge in [0.05, 0.1) is 5.56 Å². The first-order valence-corrected chi connectivity index (χ1v) is 8.82. The normalized spacial score (nSPS) is 10.5. The third-order valence-corrected chi connectivity index (χ3v) is 4.61. The van der Waals surface area contributed by atoms with Crippen LogP contribution in [0.4, 0.5) is 0 Å². The number of benzene rings is 4. The Morgan fingerprint density at radius 2 is 1.11 bits per heavy atom. The maximum Gasteiger partial charge on any atom is 0.197 e. The molecule has 2 heteroatoms. The molecule has 27 heavy (non-hydrogen) atoms. The number of carbonyl (C=O) groups excluding carboxylic acids is 1. The lowest BCUT2D eigenvalue weighted by molar-refractivity contribution is 0.103. The van der Waals surface area contributed by atoms with Gasteiger partial charge in [-0.15, -0.1) is 0 Å². The van der Waals surface area contributed by atoms with Gasteiger partial charge in [0.15, 0.2) is 5.78 Å². The van der Waals surface area contributed by atoms with Gasteiger partial charge in [-0.25, -0.2) is 0 Å². The summed E-state index contributed by atoms with van der Waals surface area (Å²) in [6.07, 6.45) is 0. The van der Waals surface area contributed by atoms with Crippen LogP contribution in [0.2, 0.25) is 0 Å². The molecule has 0 bridgehead atoms. The summed E-state index contributed by atoms with van der Waals surface area (Å²) in [6.45, 7) is 0. The van der Waals surface area contributed by atoms with E-state index in [1.54, 1.807) is 18.2 Å². The quantitative estimate of drug-likeness (QED) is 0.461. The third kappa shape index (κ3) is 3.25. The number of ketones is 1. The highest BCUT2D eigenvalue weighted by atomic mass is 16.3. The van der Waals surface area contributed by atoms with Crippen molar-refractivity contribution in [2.75, 3.05) is 0 Å². The van der Waals surface area contributed by atoms with Gasteiger partial charge in [-0.1, -0.05) is 91.0 Å². The molecule has 0 aliphatic heterocycles. The van der Waals surface area contributed by atoms with E-state index in [0.717, 1.165) is 22.3 Å². The van der Waals surface area contributed by atoms with E-state index in [-0.39, 0.29) is 11.5 Å². The van der Waals surface area contributed by atoms with Crippen LogP contribution in [-0.4, -0.2) is 10.9 Å². The van der Waals surface area contributed by atoms with Crippen molar-refractivity contribution in [2.24, 2.45) is 0 Å². The summed E-state index contributed by atoms with van der Waals surface area (Å²) in [7, 11) is 0. The van der Waals surface area contributed by atoms with Crippen LogP contribution in [0, 0.1) is 0 Å². The summed E-state index contributed by atoms with van der Waals surface area (Å²) in [5.74, 6) is -0.198. The zero-order chi connectivity index (χ0) is 18.6. The van der Waals surface area contributed by atoms with Crippen molar-refractivity contribution < 1.29 is 9.90 Å². The van der Waals surface area contributed by atoms with Crippen molar-refractivity contribution >= 4 is 5.78 Å². The van der Waals surface area contributed by atoms with E-state index in [2.05, 4.69) is 0 Å². The van der Waals surface area contributed by atoms with E-state index >= 15 is 0 Å². The average molecular weight is 350 g/mol. The van der Waals surface area contributed by atoms with Crippen LogP contribution in [0.25, 0.3) is 22.3 Å². The standard InChI is InChI=1S/C25H18O2/c26-23-17-8-7-14-21(23)25(27)22-16-9-15-20(18-10-3-1-4-11-18)24(22)19-12-5-2-6-13-19/h1-17,26H. The molecule has 0 spiro atoms. The molecule has 2 nitrogen and oxygen atoms in total. The Labute approximate surface area is 158 Å². The molecule has 0 atom stereocenters. The molecule has 0 saturated heterocycles. The fourth-order valence-electron chi connectivity index (χ4n) is 3.33. The fraction of sp³-hybridized carbons (Fsp3) is 0. The predicted molar refractivity (Wildman–Crippen MR) is 109 cm³/mol. The molecule has 0 heterocycles.